The first-order valence-corrected chi connectivity index (χ1v) is 9.11. The van der Waals surface area contributed by atoms with E-state index in [4.69, 9.17) is 0 Å². The zero-order chi connectivity index (χ0) is 18.2. The second-order valence-electron chi connectivity index (χ2n) is 6.92. The van der Waals surface area contributed by atoms with Gasteiger partial charge in [0.1, 0.15) is 0 Å². The SMILES string of the molecule is Cc1cccc(-c2[nH]cnc2-c2ccc3ncc(NC4CNC4)cc3c2)n1. The van der Waals surface area contributed by atoms with Gasteiger partial charge in [0, 0.05) is 29.7 Å². The summed E-state index contributed by atoms with van der Waals surface area (Å²) in [5, 5.41) is 7.88. The third kappa shape index (κ3) is 3.04. The first kappa shape index (κ1) is 16.0. The lowest BCUT2D eigenvalue weighted by Gasteiger charge is -2.28. The third-order valence-corrected chi connectivity index (χ3v) is 4.89. The normalized spacial score (nSPS) is 14.3. The second kappa shape index (κ2) is 6.48. The van der Waals surface area contributed by atoms with Gasteiger partial charge in [0.25, 0.3) is 0 Å². The number of anilines is 1. The van der Waals surface area contributed by atoms with E-state index in [1.807, 2.05) is 37.4 Å². The maximum atomic E-state index is 4.63. The lowest BCUT2D eigenvalue weighted by Crippen LogP contribution is -2.51. The molecular weight excluding hydrogens is 336 g/mol. The van der Waals surface area contributed by atoms with Gasteiger partial charge in [-0.15, -0.1) is 0 Å². The molecule has 1 saturated heterocycles. The first-order valence-electron chi connectivity index (χ1n) is 9.11. The molecule has 4 heterocycles. The van der Waals surface area contributed by atoms with Crippen molar-refractivity contribution in [1.82, 2.24) is 25.3 Å². The van der Waals surface area contributed by atoms with E-state index >= 15 is 0 Å². The molecule has 0 radical (unpaired) electrons. The fraction of sp³-hybridized carbons (Fsp3) is 0.190. The topological polar surface area (TPSA) is 78.5 Å². The number of rotatable bonds is 4. The van der Waals surface area contributed by atoms with Gasteiger partial charge >= 0.3 is 0 Å². The minimum Gasteiger partial charge on any atom is -0.378 e. The molecule has 1 fully saturated rings. The van der Waals surface area contributed by atoms with E-state index < -0.39 is 0 Å². The summed E-state index contributed by atoms with van der Waals surface area (Å²) in [6, 6.07) is 14.9. The lowest BCUT2D eigenvalue weighted by molar-refractivity contribution is 0.472. The van der Waals surface area contributed by atoms with E-state index in [9.17, 15) is 0 Å². The third-order valence-electron chi connectivity index (χ3n) is 4.89. The number of aromatic amines is 1. The van der Waals surface area contributed by atoms with Gasteiger partial charge < -0.3 is 15.6 Å². The Morgan fingerprint density at radius 3 is 2.81 bits per heavy atom. The number of nitrogens with zero attached hydrogens (tertiary/aromatic N) is 3. The number of nitrogens with one attached hydrogen (secondary N) is 3. The van der Waals surface area contributed by atoms with Gasteiger partial charge in [-0.25, -0.2) is 4.98 Å². The highest BCUT2D eigenvalue weighted by atomic mass is 15.1. The van der Waals surface area contributed by atoms with Crippen molar-refractivity contribution >= 4 is 16.6 Å². The smallest absolute Gasteiger partial charge is 0.0977 e. The first-order chi connectivity index (χ1) is 13.3. The zero-order valence-electron chi connectivity index (χ0n) is 15.0. The van der Waals surface area contributed by atoms with Crippen LogP contribution in [0.1, 0.15) is 5.69 Å². The van der Waals surface area contributed by atoms with E-state index in [0.717, 1.165) is 58.0 Å². The van der Waals surface area contributed by atoms with Gasteiger partial charge in [0.15, 0.2) is 0 Å². The predicted octanol–water partition coefficient (Wildman–Crippen LogP) is 3.38. The number of aryl methyl sites for hydroxylation is 1. The second-order valence-corrected chi connectivity index (χ2v) is 6.92. The van der Waals surface area contributed by atoms with Crippen molar-refractivity contribution in [3.05, 3.63) is 60.7 Å². The molecule has 0 unspecified atom stereocenters. The van der Waals surface area contributed by atoms with Crippen LogP contribution < -0.4 is 10.6 Å². The van der Waals surface area contributed by atoms with Gasteiger partial charge in [0.05, 0.1) is 46.9 Å². The van der Waals surface area contributed by atoms with Crippen molar-refractivity contribution in [3.8, 4) is 22.6 Å². The molecular formula is C21H20N6. The molecule has 3 N–H and O–H groups in total. The van der Waals surface area contributed by atoms with Crippen LogP contribution in [-0.2, 0) is 0 Å². The molecule has 1 aliphatic heterocycles. The Morgan fingerprint density at radius 2 is 2.00 bits per heavy atom. The summed E-state index contributed by atoms with van der Waals surface area (Å²) in [7, 11) is 0. The van der Waals surface area contributed by atoms with Crippen LogP contribution in [0, 0.1) is 6.92 Å². The predicted molar refractivity (Wildman–Crippen MR) is 108 cm³/mol. The molecule has 134 valence electrons. The largest absolute Gasteiger partial charge is 0.378 e. The average Bonchev–Trinajstić information content (AvgIpc) is 3.14. The van der Waals surface area contributed by atoms with Gasteiger partial charge in [-0.2, -0.15) is 0 Å². The summed E-state index contributed by atoms with van der Waals surface area (Å²) >= 11 is 0. The van der Waals surface area contributed by atoms with Crippen LogP contribution >= 0.6 is 0 Å². The summed E-state index contributed by atoms with van der Waals surface area (Å²) in [5.41, 5.74) is 6.78. The van der Waals surface area contributed by atoms with E-state index in [2.05, 4.69) is 48.8 Å². The van der Waals surface area contributed by atoms with Gasteiger partial charge in [-0.3, -0.25) is 9.97 Å². The van der Waals surface area contributed by atoms with Crippen LogP contribution in [0.15, 0.2) is 55.0 Å². The number of fused-ring (bicyclic) bond motifs is 1. The zero-order valence-corrected chi connectivity index (χ0v) is 15.0. The van der Waals surface area contributed by atoms with Crippen molar-refractivity contribution < 1.29 is 0 Å². The van der Waals surface area contributed by atoms with Gasteiger partial charge in [0.2, 0.25) is 0 Å². The Kier molecular flexibility index (Phi) is 3.83. The number of hydrogen-bond acceptors (Lipinski definition) is 5. The van der Waals surface area contributed by atoms with Crippen LogP contribution in [0.3, 0.4) is 0 Å². The standard InChI is InChI=1S/C21H20N6/c1-13-3-2-4-19(26-13)21-20(24-12-25-21)14-5-6-18-15(7-14)8-16(11-23-18)27-17-9-22-10-17/h2-8,11-12,17,22,27H,9-10H2,1H3,(H,24,25). The molecule has 5 rings (SSSR count). The molecule has 4 aromatic rings. The number of hydrogen-bond donors (Lipinski definition) is 3. The summed E-state index contributed by atoms with van der Waals surface area (Å²) < 4.78 is 0. The van der Waals surface area contributed by atoms with Crippen LogP contribution in [-0.4, -0.2) is 39.1 Å². The molecule has 0 aliphatic carbocycles. The fourth-order valence-corrected chi connectivity index (χ4v) is 3.37. The highest BCUT2D eigenvalue weighted by molar-refractivity contribution is 5.88. The highest BCUT2D eigenvalue weighted by Gasteiger charge is 2.16. The Bertz CT molecular complexity index is 1110. The minimum atomic E-state index is 0.484. The molecule has 1 aliphatic rings. The van der Waals surface area contributed by atoms with Crippen molar-refractivity contribution in [2.24, 2.45) is 0 Å². The number of pyridine rings is 2. The maximum Gasteiger partial charge on any atom is 0.0977 e. The Labute approximate surface area is 157 Å². The van der Waals surface area contributed by atoms with Crippen molar-refractivity contribution in [1.29, 1.82) is 0 Å². The Morgan fingerprint density at radius 1 is 1.07 bits per heavy atom. The van der Waals surface area contributed by atoms with E-state index in [-0.39, 0.29) is 0 Å². The van der Waals surface area contributed by atoms with E-state index in [1.54, 1.807) is 6.33 Å². The molecule has 3 aromatic heterocycles. The maximum absolute atomic E-state index is 4.63. The van der Waals surface area contributed by atoms with E-state index in [0.29, 0.717) is 6.04 Å². The van der Waals surface area contributed by atoms with Crippen LogP contribution in [0.2, 0.25) is 0 Å². The van der Waals surface area contributed by atoms with Crippen molar-refractivity contribution in [2.45, 2.75) is 13.0 Å². The quantitative estimate of drug-likeness (QED) is 0.522. The number of aromatic nitrogens is 4. The van der Waals surface area contributed by atoms with Crippen molar-refractivity contribution in [3.63, 3.8) is 0 Å². The summed E-state index contributed by atoms with van der Waals surface area (Å²) in [6.45, 7) is 3.99. The monoisotopic (exact) mass is 356 g/mol. The summed E-state index contributed by atoms with van der Waals surface area (Å²) in [4.78, 5) is 17.0. The molecule has 1 aromatic carbocycles. The molecule has 0 amide bonds. The van der Waals surface area contributed by atoms with Gasteiger partial charge in [-0.1, -0.05) is 12.1 Å². The van der Waals surface area contributed by atoms with E-state index in [1.165, 1.54) is 0 Å². The van der Waals surface area contributed by atoms with Crippen LogP contribution in [0.4, 0.5) is 5.69 Å². The Balaban J connectivity index is 1.54. The molecule has 0 saturated carbocycles. The number of imidazole rings is 1. The molecule has 27 heavy (non-hydrogen) atoms. The Hall–Kier alpha value is -3.25. The molecule has 0 atom stereocenters. The van der Waals surface area contributed by atoms with Gasteiger partial charge in [-0.05, 0) is 37.3 Å². The minimum absolute atomic E-state index is 0.484. The average molecular weight is 356 g/mol. The lowest BCUT2D eigenvalue weighted by atomic mass is 10.0. The highest BCUT2D eigenvalue weighted by Crippen LogP contribution is 2.30. The molecule has 0 spiro atoms. The summed E-state index contributed by atoms with van der Waals surface area (Å²) in [5.74, 6) is 0. The number of H-pyrrole nitrogens is 1. The van der Waals surface area contributed by atoms with Crippen LogP contribution in [0.5, 0.6) is 0 Å². The van der Waals surface area contributed by atoms with Crippen molar-refractivity contribution in [2.75, 3.05) is 18.4 Å². The molecule has 6 heteroatoms. The van der Waals surface area contributed by atoms with Crippen LogP contribution in [0.25, 0.3) is 33.5 Å². The number of benzene rings is 1. The fourth-order valence-electron chi connectivity index (χ4n) is 3.37. The molecule has 6 nitrogen and oxygen atoms in total. The molecule has 0 bridgehead atoms. The summed E-state index contributed by atoms with van der Waals surface area (Å²) in [6.07, 6.45) is 3.62.